The summed E-state index contributed by atoms with van der Waals surface area (Å²) in [5, 5.41) is 7.21. The third kappa shape index (κ3) is 3.20. The topological polar surface area (TPSA) is 49.8 Å². The minimum absolute atomic E-state index is 0.598. The van der Waals surface area contributed by atoms with Crippen molar-refractivity contribution in [2.24, 2.45) is 0 Å². The van der Waals surface area contributed by atoms with Crippen LogP contribution in [-0.2, 0) is 0 Å². The minimum atomic E-state index is 0.598. The highest BCUT2D eigenvalue weighted by atomic mass is 35.5. The van der Waals surface area contributed by atoms with E-state index in [1.807, 2.05) is 37.3 Å². The molecule has 1 aromatic heterocycles. The minimum Gasteiger partial charge on any atom is -0.354 e. The summed E-state index contributed by atoms with van der Waals surface area (Å²) < 4.78 is 0. The van der Waals surface area contributed by atoms with Gasteiger partial charge >= 0.3 is 0 Å². The molecular weight excluding hydrogens is 272 g/mol. The molecule has 2 aromatic rings. The molecule has 1 saturated carbocycles. The molecule has 3 rings (SSSR count). The van der Waals surface area contributed by atoms with Gasteiger partial charge in [-0.3, -0.25) is 0 Å². The number of hydrogen-bond acceptors (Lipinski definition) is 4. The van der Waals surface area contributed by atoms with Crippen molar-refractivity contribution in [2.75, 3.05) is 17.2 Å². The van der Waals surface area contributed by atoms with Crippen LogP contribution in [-0.4, -0.2) is 16.5 Å². The van der Waals surface area contributed by atoms with E-state index in [9.17, 15) is 0 Å². The Kier molecular flexibility index (Phi) is 3.74. The Morgan fingerprint density at radius 2 is 1.95 bits per heavy atom. The third-order valence-electron chi connectivity index (χ3n) is 3.19. The molecule has 0 radical (unpaired) electrons. The lowest BCUT2D eigenvalue weighted by molar-refractivity contribution is 0.978. The van der Waals surface area contributed by atoms with E-state index in [1.165, 1.54) is 12.8 Å². The van der Waals surface area contributed by atoms with Crippen molar-refractivity contribution in [1.82, 2.24) is 9.97 Å². The summed E-state index contributed by atoms with van der Waals surface area (Å²) in [6.45, 7) is 2.86. The van der Waals surface area contributed by atoms with Crippen LogP contribution in [0, 0.1) is 0 Å². The van der Waals surface area contributed by atoms with Crippen LogP contribution in [0.5, 0.6) is 0 Å². The molecule has 0 aliphatic heterocycles. The number of aromatic nitrogens is 2. The van der Waals surface area contributed by atoms with Crippen LogP contribution in [0.25, 0.3) is 0 Å². The van der Waals surface area contributed by atoms with Gasteiger partial charge in [0.05, 0.1) is 5.69 Å². The molecule has 0 saturated heterocycles. The predicted molar refractivity (Wildman–Crippen MR) is 82.9 cm³/mol. The summed E-state index contributed by atoms with van der Waals surface area (Å²) in [7, 11) is 0. The van der Waals surface area contributed by atoms with Crippen LogP contribution in [0.3, 0.4) is 0 Å². The second-order valence-electron chi connectivity index (χ2n) is 4.94. The van der Waals surface area contributed by atoms with E-state index < -0.39 is 0 Å². The fraction of sp³-hybridized carbons (Fsp3) is 0.333. The molecule has 1 aliphatic rings. The standard InChI is InChI=1S/C15H17ClN4/c1-2-17-15-19-13(10-3-4-10)9-14(20-15)18-12-7-5-11(16)6-8-12/h5-10H,2-4H2,1H3,(H2,17,18,19,20). The van der Waals surface area contributed by atoms with Gasteiger partial charge in [-0.15, -0.1) is 0 Å². The van der Waals surface area contributed by atoms with Crippen molar-refractivity contribution in [3.05, 3.63) is 41.0 Å². The Morgan fingerprint density at radius 3 is 2.60 bits per heavy atom. The molecule has 1 fully saturated rings. The van der Waals surface area contributed by atoms with Gasteiger partial charge in [0, 0.05) is 29.2 Å². The molecule has 0 atom stereocenters. The summed E-state index contributed by atoms with van der Waals surface area (Å²) in [5.74, 6) is 2.11. The van der Waals surface area contributed by atoms with Gasteiger partial charge in [0.2, 0.25) is 5.95 Å². The summed E-state index contributed by atoms with van der Waals surface area (Å²) >= 11 is 5.89. The van der Waals surface area contributed by atoms with E-state index in [0.717, 1.165) is 28.8 Å². The van der Waals surface area contributed by atoms with Crippen LogP contribution in [0.15, 0.2) is 30.3 Å². The maximum absolute atomic E-state index is 5.89. The first-order valence-corrected chi connectivity index (χ1v) is 7.28. The fourth-order valence-electron chi connectivity index (χ4n) is 2.04. The molecule has 0 unspecified atom stereocenters. The molecule has 1 aromatic carbocycles. The smallest absolute Gasteiger partial charge is 0.224 e. The zero-order chi connectivity index (χ0) is 13.9. The molecule has 4 nitrogen and oxygen atoms in total. The monoisotopic (exact) mass is 288 g/mol. The Morgan fingerprint density at radius 1 is 1.20 bits per heavy atom. The quantitative estimate of drug-likeness (QED) is 0.866. The highest BCUT2D eigenvalue weighted by Gasteiger charge is 2.26. The van der Waals surface area contributed by atoms with Gasteiger partial charge in [-0.25, -0.2) is 4.98 Å². The first-order valence-electron chi connectivity index (χ1n) is 6.90. The molecular formula is C15H17ClN4. The number of benzene rings is 1. The second-order valence-corrected chi connectivity index (χ2v) is 5.37. The Hall–Kier alpha value is -1.81. The van der Waals surface area contributed by atoms with Gasteiger partial charge in [-0.2, -0.15) is 4.98 Å². The number of nitrogens with one attached hydrogen (secondary N) is 2. The largest absolute Gasteiger partial charge is 0.354 e. The van der Waals surface area contributed by atoms with Crippen LogP contribution >= 0.6 is 11.6 Å². The zero-order valence-electron chi connectivity index (χ0n) is 11.4. The number of nitrogens with zero attached hydrogens (tertiary/aromatic N) is 2. The van der Waals surface area contributed by atoms with Crippen molar-refractivity contribution in [2.45, 2.75) is 25.7 Å². The molecule has 1 heterocycles. The van der Waals surface area contributed by atoms with Gasteiger partial charge in [-0.05, 0) is 44.0 Å². The average Bonchev–Trinajstić information content (AvgIpc) is 3.26. The molecule has 20 heavy (non-hydrogen) atoms. The van der Waals surface area contributed by atoms with E-state index in [1.54, 1.807) is 0 Å². The number of rotatable bonds is 5. The van der Waals surface area contributed by atoms with Crippen molar-refractivity contribution in [1.29, 1.82) is 0 Å². The SMILES string of the molecule is CCNc1nc(Nc2ccc(Cl)cc2)cc(C2CC2)n1. The maximum Gasteiger partial charge on any atom is 0.224 e. The van der Waals surface area contributed by atoms with Crippen molar-refractivity contribution >= 4 is 29.1 Å². The number of hydrogen-bond donors (Lipinski definition) is 2. The lowest BCUT2D eigenvalue weighted by atomic mass is 10.2. The van der Waals surface area contributed by atoms with Crippen LogP contribution in [0.1, 0.15) is 31.4 Å². The van der Waals surface area contributed by atoms with Gasteiger partial charge in [0.15, 0.2) is 0 Å². The van der Waals surface area contributed by atoms with E-state index in [4.69, 9.17) is 11.6 Å². The van der Waals surface area contributed by atoms with Gasteiger partial charge in [0.1, 0.15) is 5.82 Å². The molecule has 104 valence electrons. The predicted octanol–water partition coefficient (Wildman–Crippen LogP) is 4.18. The lowest BCUT2D eigenvalue weighted by Crippen LogP contribution is -2.06. The second kappa shape index (κ2) is 5.67. The Labute approximate surface area is 123 Å². The van der Waals surface area contributed by atoms with Gasteiger partial charge in [-0.1, -0.05) is 11.6 Å². The first kappa shape index (κ1) is 13.2. The normalized spacial score (nSPS) is 14.1. The highest BCUT2D eigenvalue weighted by Crippen LogP contribution is 2.40. The number of anilines is 3. The highest BCUT2D eigenvalue weighted by molar-refractivity contribution is 6.30. The van der Waals surface area contributed by atoms with Crippen molar-refractivity contribution < 1.29 is 0 Å². The van der Waals surface area contributed by atoms with E-state index in [-0.39, 0.29) is 0 Å². The molecule has 1 aliphatic carbocycles. The number of halogens is 1. The summed E-state index contributed by atoms with van der Waals surface area (Å²) in [4.78, 5) is 9.04. The summed E-state index contributed by atoms with van der Waals surface area (Å²) in [6.07, 6.45) is 2.45. The first-order chi connectivity index (χ1) is 9.74. The van der Waals surface area contributed by atoms with Crippen molar-refractivity contribution in [3.63, 3.8) is 0 Å². The van der Waals surface area contributed by atoms with Gasteiger partial charge in [0.25, 0.3) is 0 Å². The van der Waals surface area contributed by atoms with Crippen LogP contribution in [0.4, 0.5) is 17.5 Å². The van der Waals surface area contributed by atoms with Crippen molar-refractivity contribution in [3.8, 4) is 0 Å². The lowest BCUT2D eigenvalue weighted by Gasteiger charge is -2.10. The molecule has 5 heteroatoms. The Bertz CT molecular complexity index is 593. The fourth-order valence-corrected chi connectivity index (χ4v) is 2.16. The van der Waals surface area contributed by atoms with E-state index in [2.05, 4.69) is 20.6 Å². The molecule has 0 amide bonds. The molecule has 0 bridgehead atoms. The Balaban J connectivity index is 1.85. The molecule has 2 N–H and O–H groups in total. The van der Waals surface area contributed by atoms with Crippen LogP contribution in [0.2, 0.25) is 5.02 Å². The summed E-state index contributed by atoms with van der Waals surface area (Å²) in [5.41, 5.74) is 2.09. The van der Waals surface area contributed by atoms with E-state index in [0.29, 0.717) is 11.9 Å². The average molecular weight is 289 g/mol. The summed E-state index contributed by atoms with van der Waals surface area (Å²) in [6, 6.07) is 9.63. The van der Waals surface area contributed by atoms with Crippen LogP contribution < -0.4 is 10.6 Å². The van der Waals surface area contributed by atoms with Gasteiger partial charge < -0.3 is 10.6 Å². The maximum atomic E-state index is 5.89. The third-order valence-corrected chi connectivity index (χ3v) is 3.45. The zero-order valence-corrected chi connectivity index (χ0v) is 12.1. The van der Waals surface area contributed by atoms with E-state index >= 15 is 0 Å². The molecule has 0 spiro atoms.